The maximum absolute atomic E-state index is 10.9. The molecule has 6 heteroatoms. The lowest BCUT2D eigenvalue weighted by Gasteiger charge is -2.47. The van der Waals surface area contributed by atoms with Crippen molar-refractivity contribution in [2.45, 2.75) is 43.6 Å². The number of ether oxygens (including phenoxy) is 5. The van der Waals surface area contributed by atoms with Gasteiger partial charge in [-0.2, -0.15) is 0 Å². The van der Waals surface area contributed by atoms with Gasteiger partial charge in [-0.05, 0) is 5.56 Å². The van der Waals surface area contributed by atoms with Gasteiger partial charge in [0.15, 0.2) is 12.6 Å². The average molecular weight is 398 g/mol. The Morgan fingerprint density at radius 2 is 1.72 bits per heavy atom. The normalized spacial score (nSPS) is 31.8. The van der Waals surface area contributed by atoms with Crippen LogP contribution in [-0.2, 0) is 30.3 Å². The average Bonchev–Trinajstić information content (AvgIpc) is 2.78. The topological polar surface area (TPSA) is 66.4 Å². The SMILES string of the molecule is C=CCO[C@H]1O[C@@H]2COC(c3ccccc3)O[C@H]2[C@H](OCc2ccccc2)[C@@H]1O. The van der Waals surface area contributed by atoms with Crippen LogP contribution in [0.5, 0.6) is 0 Å². The van der Waals surface area contributed by atoms with E-state index in [9.17, 15) is 5.11 Å². The van der Waals surface area contributed by atoms with E-state index in [2.05, 4.69) is 6.58 Å². The van der Waals surface area contributed by atoms with Gasteiger partial charge in [-0.1, -0.05) is 66.7 Å². The molecule has 0 amide bonds. The quantitative estimate of drug-likeness (QED) is 0.724. The molecule has 2 aliphatic heterocycles. The van der Waals surface area contributed by atoms with Gasteiger partial charge in [0.05, 0.1) is 19.8 Å². The number of aliphatic hydroxyl groups excluding tert-OH is 1. The van der Waals surface area contributed by atoms with E-state index in [1.807, 2.05) is 60.7 Å². The van der Waals surface area contributed by atoms with Gasteiger partial charge in [-0.15, -0.1) is 6.58 Å². The number of aliphatic hydroxyl groups is 1. The van der Waals surface area contributed by atoms with Gasteiger partial charge in [-0.3, -0.25) is 0 Å². The van der Waals surface area contributed by atoms with E-state index in [-0.39, 0.29) is 6.61 Å². The first-order chi connectivity index (χ1) is 14.3. The molecule has 1 unspecified atom stereocenters. The van der Waals surface area contributed by atoms with Crippen LogP contribution in [0, 0.1) is 0 Å². The van der Waals surface area contributed by atoms with Crippen LogP contribution in [0.25, 0.3) is 0 Å². The van der Waals surface area contributed by atoms with Crippen molar-refractivity contribution in [2.24, 2.45) is 0 Å². The number of benzene rings is 2. The Morgan fingerprint density at radius 1 is 1.00 bits per heavy atom. The first-order valence-electron chi connectivity index (χ1n) is 9.80. The van der Waals surface area contributed by atoms with Crippen LogP contribution in [0.4, 0.5) is 0 Å². The van der Waals surface area contributed by atoms with Crippen LogP contribution in [-0.4, -0.2) is 49.0 Å². The third-order valence-corrected chi connectivity index (χ3v) is 5.04. The van der Waals surface area contributed by atoms with Crippen LogP contribution in [0.2, 0.25) is 0 Å². The van der Waals surface area contributed by atoms with Gasteiger partial charge in [0.2, 0.25) is 0 Å². The minimum absolute atomic E-state index is 0.263. The largest absolute Gasteiger partial charge is 0.385 e. The van der Waals surface area contributed by atoms with E-state index in [1.54, 1.807) is 6.08 Å². The van der Waals surface area contributed by atoms with Gasteiger partial charge < -0.3 is 28.8 Å². The van der Waals surface area contributed by atoms with E-state index >= 15 is 0 Å². The van der Waals surface area contributed by atoms with E-state index in [0.29, 0.717) is 13.2 Å². The van der Waals surface area contributed by atoms with Crippen LogP contribution < -0.4 is 0 Å². The van der Waals surface area contributed by atoms with Gasteiger partial charge in [-0.25, -0.2) is 0 Å². The van der Waals surface area contributed by atoms with Gasteiger partial charge in [0.1, 0.15) is 24.4 Å². The zero-order chi connectivity index (χ0) is 20.1. The summed E-state index contributed by atoms with van der Waals surface area (Å²) in [5.74, 6) is 0. The van der Waals surface area contributed by atoms with Gasteiger partial charge in [0.25, 0.3) is 0 Å². The molecule has 0 aromatic heterocycles. The van der Waals surface area contributed by atoms with Crippen LogP contribution >= 0.6 is 0 Å². The second-order valence-electron chi connectivity index (χ2n) is 7.09. The van der Waals surface area contributed by atoms with Gasteiger partial charge >= 0.3 is 0 Å². The predicted octanol–water partition coefficient (Wildman–Crippen LogP) is 2.97. The van der Waals surface area contributed by atoms with E-state index in [1.165, 1.54) is 0 Å². The standard InChI is InChI=1S/C23H26O6/c1-2-13-25-23-19(24)21(26-14-16-9-5-3-6-10-16)20-18(28-23)15-27-22(29-20)17-11-7-4-8-12-17/h2-12,18-24H,1,13-15H2/t18-,19+,20-,21-,22?,23+/m1/s1. The second-order valence-corrected chi connectivity index (χ2v) is 7.09. The number of fused-ring (bicyclic) bond motifs is 1. The smallest absolute Gasteiger partial charge is 0.187 e. The fraction of sp³-hybridized carbons (Fsp3) is 0.391. The van der Waals surface area contributed by atoms with E-state index in [0.717, 1.165) is 11.1 Å². The Hall–Kier alpha value is -2.06. The summed E-state index contributed by atoms with van der Waals surface area (Å²) in [5, 5.41) is 10.9. The molecule has 2 aromatic carbocycles. The Balaban J connectivity index is 1.51. The van der Waals surface area contributed by atoms with Crippen molar-refractivity contribution in [3.63, 3.8) is 0 Å². The van der Waals surface area contributed by atoms with E-state index in [4.69, 9.17) is 23.7 Å². The number of hydrogen-bond donors (Lipinski definition) is 1. The van der Waals surface area contributed by atoms with Crippen molar-refractivity contribution in [2.75, 3.05) is 13.2 Å². The van der Waals surface area contributed by atoms with Crippen molar-refractivity contribution >= 4 is 0 Å². The molecule has 0 saturated carbocycles. The zero-order valence-electron chi connectivity index (χ0n) is 16.1. The highest BCUT2D eigenvalue weighted by Crippen LogP contribution is 2.35. The van der Waals surface area contributed by atoms with Crippen molar-refractivity contribution in [1.29, 1.82) is 0 Å². The molecule has 0 bridgehead atoms. The first kappa shape index (κ1) is 20.2. The summed E-state index contributed by atoms with van der Waals surface area (Å²) in [7, 11) is 0. The lowest BCUT2D eigenvalue weighted by molar-refractivity contribution is -0.365. The third kappa shape index (κ3) is 4.75. The maximum atomic E-state index is 10.9. The number of hydrogen-bond acceptors (Lipinski definition) is 6. The molecule has 2 aliphatic rings. The van der Waals surface area contributed by atoms with Crippen molar-refractivity contribution in [1.82, 2.24) is 0 Å². The van der Waals surface area contributed by atoms with Crippen molar-refractivity contribution in [3.05, 3.63) is 84.4 Å². The second kappa shape index (κ2) is 9.63. The minimum Gasteiger partial charge on any atom is -0.385 e. The Bertz CT molecular complexity index is 767. The summed E-state index contributed by atoms with van der Waals surface area (Å²) in [5.41, 5.74) is 1.92. The molecular formula is C23H26O6. The lowest BCUT2D eigenvalue weighted by Crippen LogP contribution is -2.63. The highest BCUT2D eigenvalue weighted by atomic mass is 16.8. The number of rotatable bonds is 7. The molecule has 2 aromatic rings. The summed E-state index contributed by atoms with van der Waals surface area (Å²) >= 11 is 0. The van der Waals surface area contributed by atoms with Crippen molar-refractivity contribution < 1.29 is 28.8 Å². The summed E-state index contributed by atoms with van der Waals surface area (Å²) in [6.45, 7) is 4.57. The molecular weight excluding hydrogens is 372 g/mol. The monoisotopic (exact) mass is 398 g/mol. The maximum Gasteiger partial charge on any atom is 0.187 e. The molecule has 0 aliphatic carbocycles. The van der Waals surface area contributed by atoms with Crippen LogP contribution in [0.3, 0.4) is 0 Å². The van der Waals surface area contributed by atoms with Gasteiger partial charge in [0, 0.05) is 5.56 Å². The Kier molecular flexibility index (Phi) is 6.71. The summed E-state index contributed by atoms with van der Waals surface area (Å²) in [6, 6.07) is 19.5. The lowest BCUT2D eigenvalue weighted by atomic mass is 9.97. The molecule has 1 N–H and O–H groups in total. The van der Waals surface area contributed by atoms with Crippen molar-refractivity contribution in [3.8, 4) is 0 Å². The molecule has 2 fully saturated rings. The zero-order valence-corrected chi connectivity index (χ0v) is 16.1. The predicted molar refractivity (Wildman–Crippen MR) is 106 cm³/mol. The first-order valence-corrected chi connectivity index (χ1v) is 9.80. The molecule has 29 heavy (non-hydrogen) atoms. The molecule has 154 valence electrons. The van der Waals surface area contributed by atoms with Crippen LogP contribution in [0.1, 0.15) is 17.4 Å². The Labute approximate surface area is 170 Å². The summed E-state index contributed by atoms with van der Waals surface area (Å²) in [6.07, 6.45) is -2.29. The molecule has 2 heterocycles. The van der Waals surface area contributed by atoms with Crippen LogP contribution in [0.15, 0.2) is 73.3 Å². The summed E-state index contributed by atoms with van der Waals surface area (Å²) < 4.78 is 29.7. The Morgan fingerprint density at radius 3 is 2.45 bits per heavy atom. The molecule has 4 rings (SSSR count). The molecule has 6 nitrogen and oxygen atoms in total. The molecule has 6 atom stereocenters. The molecule has 2 saturated heterocycles. The molecule has 0 radical (unpaired) electrons. The fourth-order valence-electron chi connectivity index (χ4n) is 3.60. The van der Waals surface area contributed by atoms with E-state index < -0.39 is 37.0 Å². The fourth-order valence-corrected chi connectivity index (χ4v) is 3.60. The highest BCUT2D eigenvalue weighted by molar-refractivity contribution is 5.17. The molecule has 0 spiro atoms. The third-order valence-electron chi connectivity index (χ3n) is 5.04. The highest BCUT2D eigenvalue weighted by Gasteiger charge is 2.50. The summed E-state index contributed by atoms with van der Waals surface area (Å²) in [4.78, 5) is 0. The minimum atomic E-state index is -1.01.